The molecule has 0 saturated heterocycles. The summed E-state index contributed by atoms with van der Waals surface area (Å²) in [6.07, 6.45) is 0. The number of hydrogen-bond donors (Lipinski definition) is 0. The molecular weight excluding hydrogens is 843 g/mol. The Morgan fingerprint density at radius 2 is 0.838 bits per heavy atom. The van der Waals surface area contributed by atoms with Gasteiger partial charge < -0.3 is 4.57 Å². The van der Waals surface area contributed by atoms with Gasteiger partial charge in [-0.3, -0.25) is 0 Å². The van der Waals surface area contributed by atoms with Crippen molar-refractivity contribution in [1.29, 1.82) is 0 Å². The van der Waals surface area contributed by atoms with Gasteiger partial charge in [0.05, 0.1) is 26.9 Å². The van der Waals surface area contributed by atoms with E-state index in [-0.39, 0.29) is 0 Å². The van der Waals surface area contributed by atoms with Gasteiger partial charge in [-0.25, -0.2) is 9.97 Å². The number of para-hydroxylation sites is 1. The molecule has 0 saturated carbocycles. The van der Waals surface area contributed by atoms with E-state index < -0.39 is 0 Å². The smallest absolute Gasteiger partial charge is 0.160 e. The molecule has 0 aliphatic carbocycles. The highest BCUT2D eigenvalue weighted by molar-refractivity contribution is 7.26. The van der Waals surface area contributed by atoms with Gasteiger partial charge in [0.15, 0.2) is 5.82 Å². The third kappa shape index (κ3) is 6.98. The zero-order valence-electron chi connectivity index (χ0n) is 36.9. The molecule has 0 aliphatic rings. The third-order valence-corrected chi connectivity index (χ3v) is 14.3. The Kier molecular flexibility index (Phi) is 9.69. The summed E-state index contributed by atoms with van der Waals surface area (Å²) in [4.78, 5) is 11.0. The summed E-state index contributed by atoms with van der Waals surface area (Å²) in [6.45, 7) is 0. The van der Waals surface area contributed by atoms with Crippen molar-refractivity contribution in [3.63, 3.8) is 0 Å². The normalized spacial score (nSPS) is 11.5. The molecule has 13 rings (SSSR count). The monoisotopic (exact) mass is 883 g/mol. The Morgan fingerprint density at radius 3 is 1.54 bits per heavy atom. The van der Waals surface area contributed by atoms with E-state index >= 15 is 0 Å². The predicted octanol–water partition coefficient (Wildman–Crippen LogP) is 17.6. The Morgan fingerprint density at radius 1 is 0.324 bits per heavy atom. The van der Waals surface area contributed by atoms with Gasteiger partial charge in [-0.15, -0.1) is 11.3 Å². The predicted molar refractivity (Wildman–Crippen MR) is 287 cm³/mol. The van der Waals surface area contributed by atoms with Crippen LogP contribution >= 0.6 is 11.3 Å². The summed E-state index contributed by atoms with van der Waals surface area (Å²) in [5, 5.41) is 3.56. The van der Waals surface area contributed by atoms with Gasteiger partial charge in [-0.05, 0) is 122 Å². The number of thiophene rings is 1. The van der Waals surface area contributed by atoms with Crippen molar-refractivity contribution in [3.05, 3.63) is 249 Å². The summed E-state index contributed by atoms with van der Waals surface area (Å²) in [5.41, 5.74) is 19.1. The number of rotatable bonds is 8. The lowest BCUT2D eigenvalue weighted by molar-refractivity contribution is 1.18. The minimum atomic E-state index is 0.700. The first-order chi connectivity index (χ1) is 33.7. The van der Waals surface area contributed by atoms with Crippen LogP contribution in [0, 0.1) is 0 Å². The van der Waals surface area contributed by atoms with Crippen LogP contribution in [-0.4, -0.2) is 14.5 Å². The lowest BCUT2D eigenvalue weighted by Gasteiger charge is -2.13. The maximum Gasteiger partial charge on any atom is 0.160 e. The molecule has 0 N–H and O–H groups in total. The first-order valence-electron chi connectivity index (χ1n) is 23.1. The molecule has 3 aromatic heterocycles. The number of aromatic nitrogens is 3. The lowest BCUT2D eigenvalue weighted by atomic mass is 9.92. The summed E-state index contributed by atoms with van der Waals surface area (Å²) >= 11 is 1.76. The summed E-state index contributed by atoms with van der Waals surface area (Å²) in [5.74, 6) is 0.700. The molecule has 3 heterocycles. The van der Waals surface area contributed by atoms with Crippen LogP contribution in [0.5, 0.6) is 0 Å². The van der Waals surface area contributed by atoms with Crippen molar-refractivity contribution in [2.24, 2.45) is 0 Å². The summed E-state index contributed by atoms with van der Waals surface area (Å²) in [6, 6.07) is 89.4. The molecule has 0 fully saturated rings. The van der Waals surface area contributed by atoms with Crippen LogP contribution in [0.1, 0.15) is 0 Å². The van der Waals surface area contributed by atoms with Crippen molar-refractivity contribution in [2.75, 3.05) is 0 Å². The third-order valence-electron chi connectivity index (χ3n) is 13.2. The molecule has 0 bridgehead atoms. The number of fused-ring (bicyclic) bond motifs is 6. The van der Waals surface area contributed by atoms with E-state index in [0.29, 0.717) is 5.82 Å². The fraction of sp³-hybridized carbons (Fsp3) is 0. The largest absolute Gasteiger partial charge is 0.309 e. The second-order valence-electron chi connectivity index (χ2n) is 17.3. The number of benzene rings is 10. The van der Waals surface area contributed by atoms with E-state index in [1.807, 2.05) is 0 Å². The van der Waals surface area contributed by atoms with E-state index in [0.717, 1.165) is 65.9 Å². The van der Waals surface area contributed by atoms with Gasteiger partial charge in [-0.1, -0.05) is 182 Å². The Balaban J connectivity index is 0.980. The fourth-order valence-electron chi connectivity index (χ4n) is 9.95. The Bertz CT molecular complexity index is 3950. The Labute approximate surface area is 398 Å². The summed E-state index contributed by atoms with van der Waals surface area (Å²) in [7, 11) is 0. The van der Waals surface area contributed by atoms with Crippen LogP contribution < -0.4 is 0 Å². The standard InChI is InChI=1S/C64H41N3S/c1-5-18-42(19-6-1)46-34-35-57-56(41-46)60-54(31-17-32-58(60)67(57)53-28-11-4-12-29-53)47-25-16-27-49(37-47)64-65-61(63-62(66-64)55-30-13-14-33-59(55)68-63)48-26-15-24-45(36-48)52-39-50(43-20-7-2-8-21-43)38-51(40-52)44-22-9-3-10-23-44/h1-41H. The van der Waals surface area contributed by atoms with Crippen LogP contribution in [-0.2, 0) is 0 Å². The number of nitrogens with zero attached hydrogens (tertiary/aromatic N) is 3. The van der Waals surface area contributed by atoms with E-state index in [1.54, 1.807) is 11.3 Å². The lowest BCUT2D eigenvalue weighted by Crippen LogP contribution is -1.95. The SMILES string of the molecule is c1ccc(-c2cc(-c3ccccc3)cc(-c3cccc(-c4nc(-c5cccc(-c6cccc7c6c6cc(-c8ccccc8)ccc6n7-c6ccccc6)c5)nc5c4sc4ccccc45)c3)c2)cc1. The minimum absolute atomic E-state index is 0.700. The van der Waals surface area contributed by atoms with E-state index in [2.05, 4.69) is 253 Å². The molecule has 0 aliphatic heterocycles. The Hall–Kier alpha value is -8.70. The second kappa shape index (κ2) is 16.6. The van der Waals surface area contributed by atoms with Crippen LogP contribution in [0.15, 0.2) is 249 Å². The van der Waals surface area contributed by atoms with Gasteiger partial charge in [0.2, 0.25) is 0 Å². The molecule has 0 amide bonds. The summed E-state index contributed by atoms with van der Waals surface area (Å²) < 4.78 is 4.67. The van der Waals surface area contributed by atoms with Crippen LogP contribution in [0.2, 0.25) is 0 Å². The molecule has 10 aromatic carbocycles. The zero-order valence-corrected chi connectivity index (χ0v) is 37.7. The second-order valence-corrected chi connectivity index (χ2v) is 18.4. The highest BCUT2D eigenvalue weighted by Gasteiger charge is 2.20. The molecule has 4 heteroatoms. The van der Waals surface area contributed by atoms with Crippen LogP contribution in [0.3, 0.4) is 0 Å². The minimum Gasteiger partial charge on any atom is -0.309 e. The molecule has 318 valence electrons. The van der Waals surface area contributed by atoms with E-state index in [4.69, 9.17) is 9.97 Å². The first kappa shape index (κ1) is 39.6. The average molecular weight is 884 g/mol. The van der Waals surface area contributed by atoms with E-state index in [1.165, 1.54) is 54.4 Å². The van der Waals surface area contributed by atoms with Crippen LogP contribution in [0.4, 0.5) is 0 Å². The van der Waals surface area contributed by atoms with Gasteiger partial charge in [0.1, 0.15) is 0 Å². The van der Waals surface area contributed by atoms with Gasteiger partial charge in [0, 0.05) is 37.7 Å². The van der Waals surface area contributed by atoms with Crippen molar-refractivity contribution < 1.29 is 0 Å². The molecule has 0 unspecified atom stereocenters. The van der Waals surface area contributed by atoms with Crippen LogP contribution in [0.25, 0.3) is 126 Å². The fourth-order valence-corrected chi connectivity index (χ4v) is 11.1. The van der Waals surface area contributed by atoms with Gasteiger partial charge in [0.25, 0.3) is 0 Å². The molecule has 3 nitrogen and oxygen atoms in total. The van der Waals surface area contributed by atoms with Crippen molar-refractivity contribution in [1.82, 2.24) is 14.5 Å². The van der Waals surface area contributed by atoms with Gasteiger partial charge >= 0.3 is 0 Å². The van der Waals surface area contributed by atoms with E-state index in [9.17, 15) is 0 Å². The van der Waals surface area contributed by atoms with Crippen molar-refractivity contribution in [2.45, 2.75) is 0 Å². The van der Waals surface area contributed by atoms with Crippen molar-refractivity contribution in [3.8, 4) is 84.0 Å². The van der Waals surface area contributed by atoms with Crippen molar-refractivity contribution >= 4 is 53.4 Å². The first-order valence-corrected chi connectivity index (χ1v) is 23.9. The molecule has 68 heavy (non-hydrogen) atoms. The highest BCUT2D eigenvalue weighted by Crippen LogP contribution is 2.44. The maximum atomic E-state index is 5.53. The number of hydrogen-bond acceptors (Lipinski definition) is 3. The molecular formula is C64H41N3S. The average Bonchev–Trinajstić information content (AvgIpc) is 3.97. The molecule has 0 atom stereocenters. The molecule has 13 aromatic rings. The maximum absolute atomic E-state index is 5.53. The molecule has 0 spiro atoms. The quantitative estimate of drug-likeness (QED) is 0.152. The highest BCUT2D eigenvalue weighted by atomic mass is 32.1. The molecule has 0 radical (unpaired) electrons. The topological polar surface area (TPSA) is 30.7 Å². The zero-order chi connectivity index (χ0) is 45.0. The van der Waals surface area contributed by atoms with Gasteiger partial charge in [-0.2, -0.15) is 0 Å².